The Balaban J connectivity index is 1.81. The van der Waals surface area contributed by atoms with Crippen molar-refractivity contribution in [3.63, 3.8) is 0 Å². The minimum Gasteiger partial charge on any atom is -0.439 e. The maximum atomic E-state index is 13.1. The molecular weight excluding hydrogens is 363 g/mol. The van der Waals surface area contributed by atoms with Gasteiger partial charge in [0.1, 0.15) is 11.6 Å². The standard InChI is InChI=1S/C20H23FN4O3/c1-13-11-18(28-16-8-6-15(21)7-9-16)24-20(23-13)17-5-3-4-10-25(17)19(27)12-22-14(2)26/h6-9,11,17H,3-5,10,12H2,1-2H3,(H,22,26)/t17-/m0/s1. The molecule has 0 saturated carbocycles. The van der Waals surface area contributed by atoms with E-state index in [-0.39, 0.29) is 30.2 Å². The summed E-state index contributed by atoms with van der Waals surface area (Å²) in [5.41, 5.74) is 0.710. The van der Waals surface area contributed by atoms with Crippen molar-refractivity contribution in [1.82, 2.24) is 20.2 Å². The second kappa shape index (κ2) is 8.77. The summed E-state index contributed by atoms with van der Waals surface area (Å²) >= 11 is 0. The van der Waals surface area contributed by atoms with Gasteiger partial charge in [-0.1, -0.05) is 0 Å². The lowest BCUT2D eigenvalue weighted by molar-refractivity contribution is -0.136. The first-order chi connectivity index (χ1) is 13.4. The van der Waals surface area contributed by atoms with E-state index in [9.17, 15) is 14.0 Å². The summed E-state index contributed by atoms with van der Waals surface area (Å²) in [7, 11) is 0. The highest BCUT2D eigenvalue weighted by molar-refractivity contribution is 5.84. The number of aromatic nitrogens is 2. The highest BCUT2D eigenvalue weighted by atomic mass is 19.1. The largest absolute Gasteiger partial charge is 0.439 e. The molecule has 7 nitrogen and oxygen atoms in total. The predicted octanol–water partition coefficient (Wildman–Crippen LogP) is 2.91. The summed E-state index contributed by atoms with van der Waals surface area (Å²) in [6.07, 6.45) is 2.60. The zero-order chi connectivity index (χ0) is 20.1. The van der Waals surface area contributed by atoms with Crippen molar-refractivity contribution in [2.45, 2.75) is 39.2 Å². The Labute approximate surface area is 162 Å². The van der Waals surface area contributed by atoms with Gasteiger partial charge in [-0.3, -0.25) is 9.59 Å². The molecule has 0 spiro atoms. The van der Waals surface area contributed by atoms with E-state index in [1.54, 1.807) is 11.0 Å². The van der Waals surface area contributed by atoms with E-state index < -0.39 is 0 Å². The van der Waals surface area contributed by atoms with Gasteiger partial charge in [-0.15, -0.1) is 0 Å². The fraction of sp³-hybridized carbons (Fsp3) is 0.400. The summed E-state index contributed by atoms with van der Waals surface area (Å²) in [6.45, 7) is 3.75. The maximum Gasteiger partial charge on any atom is 0.242 e. The second-order valence-corrected chi connectivity index (χ2v) is 6.77. The third kappa shape index (κ3) is 5.03. The second-order valence-electron chi connectivity index (χ2n) is 6.77. The molecular formula is C20H23FN4O3. The van der Waals surface area contributed by atoms with Gasteiger partial charge in [0.05, 0.1) is 12.6 Å². The molecule has 2 amide bonds. The third-order valence-electron chi connectivity index (χ3n) is 4.49. The predicted molar refractivity (Wildman–Crippen MR) is 100 cm³/mol. The molecule has 1 saturated heterocycles. The van der Waals surface area contributed by atoms with Crippen molar-refractivity contribution in [3.8, 4) is 11.6 Å². The van der Waals surface area contributed by atoms with Gasteiger partial charge in [0.25, 0.3) is 0 Å². The molecule has 1 aromatic carbocycles. The quantitative estimate of drug-likeness (QED) is 0.854. The summed E-state index contributed by atoms with van der Waals surface area (Å²) in [5.74, 6) is 0.562. The number of aryl methyl sites for hydroxylation is 1. The van der Waals surface area contributed by atoms with Crippen LogP contribution in [0.1, 0.15) is 43.7 Å². The normalized spacial score (nSPS) is 16.5. The van der Waals surface area contributed by atoms with Crippen LogP contribution in [0.2, 0.25) is 0 Å². The van der Waals surface area contributed by atoms with Crippen molar-refractivity contribution >= 4 is 11.8 Å². The van der Waals surface area contributed by atoms with Gasteiger partial charge in [0.2, 0.25) is 17.7 Å². The van der Waals surface area contributed by atoms with Crippen molar-refractivity contribution in [2.24, 2.45) is 0 Å². The summed E-state index contributed by atoms with van der Waals surface area (Å²) in [5, 5.41) is 2.55. The number of piperidine rings is 1. The number of likely N-dealkylation sites (tertiary alicyclic amines) is 1. The summed E-state index contributed by atoms with van der Waals surface area (Å²) < 4.78 is 18.8. The van der Waals surface area contributed by atoms with E-state index in [4.69, 9.17) is 4.74 Å². The van der Waals surface area contributed by atoms with Crippen LogP contribution in [-0.4, -0.2) is 39.8 Å². The van der Waals surface area contributed by atoms with E-state index >= 15 is 0 Å². The van der Waals surface area contributed by atoms with Crippen LogP contribution in [0.5, 0.6) is 11.6 Å². The first kappa shape index (κ1) is 19.7. The SMILES string of the molecule is CC(=O)NCC(=O)N1CCCC[C@H]1c1nc(C)cc(Oc2ccc(F)cc2)n1. The van der Waals surface area contributed by atoms with Crippen molar-refractivity contribution in [3.05, 3.63) is 47.7 Å². The molecule has 1 aromatic heterocycles. The van der Waals surface area contributed by atoms with Crippen LogP contribution < -0.4 is 10.1 Å². The molecule has 0 aliphatic carbocycles. The smallest absolute Gasteiger partial charge is 0.242 e. The van der Waals surface area contributed by atoms with Crippen molar-refractivity contribution < 1.29 is 18.7 Å². The molecule has 28 heavy (non-hydrogen) atoms. The van der Waals surface area contributed by atoms with Gasteiger partial charge in [-0.2, -0.15) is 4.98 Å². The Morgan fingerprint density at radius 1 is 1.25 bits per heavy atom. The fourth-order valence-electron chi connectivity index (χ4n) is 3.19. The minimum atomic E-state index is -0.345. The number of carbonyl (C=O) groups is 2. The summed E-state index contributed by atoms with van der Waals surface area (Å²) in [6, 6.07) is 7.10. The number of ether oxygens (including phenoxy) is 1. The van der Waals surface area contributed by atoms with Crippen LogP contribution in [0.3, 0.4) is 0 Å². The van der Waals surface area contributed by atoms with E-state index in [1.165, 1.54) is 31.2 Å². The topological polar surface area (TPSA) is 84.4 Å². The number of nitrogens with zero attached hydrogens (tertiary/aromatic N) is 3. The Morgan fingerprint density at radius 2 is 2.00 bits per heavy atom. The maximum absolute atomic E-state index is 13.1. The number of benzene rings is 1. The molecule has 1 fully saturated rings. The monoisotopic (exact) mass is 386 g/mol. The average Bonchev–Trinajstić information content (AvgIpc) is 2.67. The molecule has 1 N–H and O–H groups in total. The molecule has 2 heterocycles. The van der Waals surface area contributed by atoms with Gasteiger partial charge in [-0.05, 0) is 50.5 Å². The zero-order valence-corrected chi connectivity index (χ0v) is 15.9. The lowest BCUT2D eigenvalue weighted by Crippen LogP contribution is -2.44. The number of hydrogen-bond acceptors (Lipinski definition) is 5. The molecule has 1 aliphatic heterocycles. The number of hydrogen-bond donors (Lipinski definition) is 1. The Morgan fingerprint density at radius 3 is 2.71 bits per heavy atom. The molecule has 148 valence electrons. The van der Waals surface area contributed by atoms with Crippen molar-refractivity contribution in [2.75, 3.05) is 13.1 Å². The van der Waals surface area contributed by atoms with Gasteiger partial charge >= 0.3 is 0 Å². The number of carbonyl (C=O) groups excluding carboxylic acids is 2. The van der Waals surface area contributed by atoms with Gasteiger partial charge < -0.3 is 15.0 Å². The molecule has 1 aliphatic rings. The van der Waals surface area contributed by atoms with E-state index in [0.29, 0.717) is 29.7 Å². The molecule has 3 rings (SSSR count). The Bertz CT molecular complexity index is 857. The van der Waals surface area contributed by atoms with Crippen LogP contribution in [0.25, 0.3) is 0 Å². The first-order valence-corrected chi connectivity index (χ1v) is 9.25. The lowest BCUT2D eigenvalue weighted by atomic mass is 10.0. The number of halogens is 1. The number of nitrogens with one attached hydrogen (secondary N) is 1. The van der Waals surface area contributed by atoms with Crippen molar-refractivity contribution in [1.29, 1.82) is 0 Å². The third-order valence-corrected chi connectivity index (χ3v) is 4.49. The highest BCUT2D eigenvalue weighted by Gasteiger charge is 2.30. The molecule has 0 unspecified atom stereocenters. The Kier molecular flexibility index (Phi) is 6.18. The molecule has 0 bridgehead atoms. The van der Waals surface area contributed by atoms with Crippen LogP contribution in [0.4, 0.5) is 4.39 Å². The number of amides is 2. The zero-order valence-electron chi connectivity index (χ0n) is 15.9. The Hall–Kier alpha value is -3.03. The first-order valence-electron chi connectivity index (χ1n) is 9.25. The van der Waals surface area contributed by atoms with Gasteiger partial charge in [0, 0.05) is 25.2 Å². The lowest BCUT2D eigenvalue weighted by Gasteiger charge is -2.35. The summed E-state index contributed by atoms with van der Waals surface area (Å²) in [4.78, 5) is 34.4. The highest BCUT2D eigenvalue weighted by Crippen LogP contribution is 2.31. The van der Waals surface area contributed by atoms with Crippen LogP contribution in [0, 0.1) is 12.7 Å². The van der Waals surface area contributed by atoms with Gasteiger partial charge in [0.15, 0.2) is 5.82 Å². The van der Waals surface area contributed by atoms with E-state index in [2.05, 4.69) is 15.3 Å². The van der Waals surface area contributed by atoms with Crippen LogP contribution in [0.15, 0.2) is 30.3 Å². The number of rotatable bonds is 5. The van der Waals surface area contributed by atoms with Gasteiger partial charge in [-0.25, -0.2) is 9.37 Å². The fourth-order valence-corrected chi connectivity index (χ4v) is 3.19. The molecule has 2 aromatic rings. The molecule has 8 heteroatoms. The minimum absolute atomic E-state index is 0.0451. The van der Waals surface area contributed by atoms with Crippen LogP contribution in [-0.2, 0) is 9.59 Å². The van der Waals surface area contributed by atoms with E-state index in [0.717, 1.165) is 19.3 Å². The van der Waals surface area contributed by atoms with Crippen LogP contribution >= 0.6 is 0 Å². The van der Waals surface area contributed by atoms with E-state index in [1.807, 2.05) is 6.92 Å². The molecule has 1 atom stereocenters. The molecule has 0 radical (unpaired) electrons. The average molecular weight is 386 g/mol.